The van der Waals surface area contributed by atoms with Crippen molar-refractivity contribution in [3.05, 3.63) is 16.6 Å². The number of nitrogens with one attached hydrogen (secondary N) is 1. The quantitative estimate of drug-likeness (QED) is 0.889. The lowest BCUT2D eigenvalue weighted by atomic mass is 9.79. The summed E-state index contributed by atoms with van der Waals surface area (Å²) in [6, 6.07) is 0.807. The summed E-state index contributed by atoms with van der Waals surface area (Å²) in [6.45, 7) is 1.04. The van der Waals surface area contributed by atoms with Gasteiger partial charge in [-0.05, 0) is 49.4 Å². The topological polar surface area (TPSA) is 24.9 Å². The Bertz CT molecular complexity index is 389. The highest BCUT2D eigenvalue weighted by Gasteiger charge is 2.53. The van der Waals surface area contributed by atoms with Crippen LogP contribution in [0, 0.1) is 23.7 Å². The Kier molecular flexibility index (Phi) is 2.51. The van der Waals surface area contributed by atoms with Crippen molar-refractivity contribution in [3.63, 3.8) is 0 Å². The second-order valence-corrected chi connectivity index (χ2v) is 7.08. The molecule has 0 aliphatic heterocycles. The van der Waals surface area contributed by atoms with Crippen molar-refractivity contribution >= 4 is 11.3 Å². The molecule has 0 saturated heterocycles. The van der Waals surface area contributed by atoms with E-state index in [2.05, 4.69) is 10.3 Å². The molecule has 0 amide bonds. The third kappa shape index (κ3) is 1.66. The Morgan fingerprint density at radius 2 is 2.18 bits per heavy atom. The van der Waals surface area contributed by atoms with Gasteiger partial charge in [0.25, 0.3) is 0 Å². The fourth-order valence-electron chi connectivity index (χ4n) is 4.86. The first-order valence-corrected chi connectivity index (χ1v) is 7.90. The van der Waals surface area contributed by atoms with E-state index in [1.54, 1.807) is 11.3 Å². The molecule has 0 radical (unpaired) electrons. The molecule has 1 N–H and O–H groups in total. The molecule has 1 aromatic heterocycles. The zero-order valence-corrected chi connectivity index (χ0v) is 11.0. The van der Waals surface area contributed by atoms with Gasteiger partial charge < -0.3 is 5.32 Å². The third-order valence-corrected chi connectivity index (χ3v) is 6.23. The first-order valence-electron chi connectivity index (χ1n) is 7.02. The average molecular weight is 248 g/mol. The molecule has 17 heavy (non-hydrogen) atoms. The average Bonchev–Trinajstić information content (AvgIpc) is 3.08. The Morgan fingerprint density at radius 3 is 3.06 bits per heavy atom. The summed E-state index contributed by atoms with van der Waals surface area (Å²) in [6.07, 6.45) is 9.53. The van der Waals surface area contributed by atoms with Gasteiger partial charge in [0.05, 0.1) is 5.51 Å². The van der Waals surface area contributed by atoms with Crippen LogP contribution in [0.15, 0.2) is 11.7 Å². The monoisotopic (exact) mass is 248 g/mol. The molecule has 3 aliphatic rings. The van der Waals surface area contributed by atoms with Gasteiger partial charge in [-0.2, -0.15) is 0 Å². The molecule has 92 valence electrons. The first-order chi connectivity index (χ1) is 8.42. The van der Waals surface area contributed by atoms with Gasteiger partial charge in [0.15, 0.2) is 0 Å². The molecule has 1 aromatic rings. The van der Waals surface area contributed by atoms with Gasteiger partial charge in [0.2, 0.25) is 0 Å². The minimum atomic E-state index is 0.807. The summed E-state index contributed by atoms with van der Waals surface area (Å²) in [7, 11) is 0. The highest BCUT2D eigenvalue weighted by molar-refractivity contribution is 7.09. The highest BCUT2D eigenvalue weighted by Crippen LogP contribution is 2.58. The second kappa shape index (κ2) is 4.06. The van der Waals surface area contributed by atoms with E-state index < -0.39 is 0 Å². The summed E-state index contributed by atoms with van der Waals surface area (Å²) < 4.78 is 0. The standard InChI is InChI=1S/C14H20N2S/c1-2-11-9-4-13(12(11)3-1)14(5-9)16-7-10-6-15-8-17-10/h6,8-9,11-14,16H,1-5,7H2. The van der Waals surface area contributed by atoms with E-state index in [9.17, 15) is 0 Å². The number of hydrogen-bond acceptors (Lipinski definition) is 3. The van der Waals surface area contributed by atoms with Crippen molar-refractivity contribution in [2.24, 2.45) is 23.7 Å². The van der Waals surface area contributed by atoms with E-state index in [4.69, 9.17) is 0 Å². The van der Waals surface area contributed by atoms with Crippen molar-refractivity contribution in [2.75, 3.05) is 0 Å². The van der Waals surface area contributed by atoms with Gasteiger partial charge in [-0.3, -0.25) is 4.98 Å². The predicted octanol–water partition coefficient (Wildman–Crippen LogP) is 3.06. The number of rotatable bonds is 3. The van der Waals surface area contributed by atoms with Crippen LogP contribution in [-0.4, -0.2) is 11.0 Å². The molecular formula is C14H20N2S. The highest BCUT2D eigenvalue weighted by atomic mass is 32.1. The van der Waals surface area contributed by atoms with Crippen LogP contribution in [0.2, 0.25) is 0 Å². The maximum atomic E-state index is 4.15. The van der Waals surface area contributed by atoms with E-state index in [-0.39, 0.29) is 0 Å². The third-order valence-electron chi connectivity index (χ3n) is 5.45. The largest absolute Gasteiger partial charge is 0.309 e. The van der Waals surface area contributed by atoms with Gasteiger partial charge >= 0.3 is 0 Å². The van der Waals surface area contributed by atoms with E-state index in [1.165, 1.54) is 37.0 Å². The molecule has 3 fully saturated rings. The van der Waals surface area contributed by atoms with Crippen LogP contribution >= 0.6 is 11.3 Å². The molecule has 3 saturated carbocycles. The van der Waals surface area contributed by atoms with Crippen LogP contribution in [0.3, 0.4) is 0 Å². The van der Waals surface area contributed by atoms with Gasteiger partial charge in [0.1, 0.15) is 0 Å². The van der Waals surface area contributed by atoms with Gasteiger partial charge in [-0.1, -0.05) is 6.42 Å². The second-order valence-electron chi connectivity index (χ2n) is 6.11. The number of nitrogens with zero attached hydrogens (tertiary/aromatic N) is 1. The fraction of sp³-hybridized carbons (Fsp3) is 0.786. The lowest BCUT2D eigenvalue weighted by Gasteiger charge is -2.32. The number of aromatic nitrogens is 1. The lowest BCUT2D eigenvalue weighted by molar-refractivity contribution is 0.208. The molecule has 0 spiro atoms. The Hall–Kier alpha value is -0.410. The van der Waals surface area contributed by atoms with Crippen LogP contribution in [0.25, 0.3) is 0 Å². The molecule has 4 rings (SSSR count). The summed E-state index contributed by atoms with van der Waals surface area (Å²) in [5.74, 6) is 4.25. The molecule has 3 aliphatic carbocycles. The molecular weight excluding hydrogens is 228 g/mol. The summed E-state index contributed by atoms with van der Waals surface area (Å²) in [5, 5.41) is 3.80. The van der Waals surface area contributed by atoms with Gasteiger partial charge in [-0.25, -0.2) is 0 Å². The van der Waals surface area contributed by atoms with Crippen molar-refractivity contribution in [1.29, 1.82) is 0 Å². The van der Waals surface area contributed by atoms with Crippen molar-refractivity contribution in [2.45, 2.75) is 44.7 Å². The van der Waals surface area contributed by atoms with Crippen molar-refractivity contribution in [1.82, 2.24) is 10.3 Å². The minimum absolute atomic E-state index is 0.807. The Labute approximate surface area is 107 Å². The number of thiazole rings is 1. The van der Waals surface area contributed by atoms with Crippen molar-refractivity contribution < 1.29 is 0 Å². The van der Waals surface area contributed by atoms with Crippen LogP contribution in [0.1, 0.15) is 37.0 Å². The molecule has 1 heterocycles. The van der Waals surface area contributed by atoms with Gasteiger partial charge in [-0.15, -0.1) is 11.3 Å². The molecule has 2 nitrogen and oxygen atoms in total. The molecule has 0 aromatic carbocycles. The summed E-state index contributed by atoms with van der Waals surface area (Å²) >= 11 is 1.77. The molecule has 5 unspecified atom stereocenters. The Morgan fingerprint density at radius 1 is 1.24 bits per heavy atom. The molecule has 3 heteroatoms. The molecule has 5 atom stereocenters. The summed E-state index contributed by atoms with van der Waals surface area (Å²) in [4.78, 5) is 5.53. The van der Waals surface area contributed by atoms with E-state index in [0.717, 1.165) is 36.3 Å². The SMILES string of the molecule is c1ncc(CNC2CC3CC2C2CCCC32)s1. The van der Waals surface area contributed by atoms with Crippen molar-refractivity contribution in [3.8, 4) is 0 Å². The zero-order valence-electron chi connectivity index (χ0n) is 10.1. The van der Waals surface area contributed by atoms with E-state index >= 15 is 0 Å². The lowest BCUT2D eigenvalue weighted by Crippen LogP contribution is -2.38. The maximum absolute atomic E-state index is 4.15. The summed E-state index contributed by atoms with van der Waals surface area (Å²) in [5.41, 5.74) is 1.94. The zero-order chi connectivity index (χ0) is 11.2. The maximum Gasteiger partial charge on any atom is 0.0794 e. The van der Waals surface area contributed by atoms with Crippen LogP contribution in [-0.2, 0) is 6.54 Å². The predicted molar refractivity (Wildman–Crippen MR) is 69.8 cm³/mol. The molecule has 2 bridgehead atoms. The smallest absolute Gasteiger partial charge is 0.0794 e. The van der Waals surface area contributed by atoms with Crippen LogP contribution in [0.4, 0.5) is 0 Å². The minimum Gasteiger partial charge on any atom is -0.309 e. The number of fused-ring (bicyclic) bond motifs is 5. The normalized spacial score (nSPS) is 43.2. The van der Waals surface area contributed by atoms with Crippen LogP contribution in [0.5, 0.6) is 0 Å². The van der Waals surface area contributed by atoms with E-state index in [1.807, 2.05) is 11.7 Å². The van der Waals surface area contributed by atoms with Crippen LogP contribution < -0.4 is 5.32 Å². The number of hydrogen-bond donors (Lipinski definition) is 1. The van der Waals surface area contributed by atoms with E-state index in [0.29, 0.717) is 0 Å². The fourth-order valence-corrected chi connectivity index (χ4v) is 5.41. The first kappa shape index (κ1) is 10.5. The van der Waals surface area contributed by atoms with Gasteiger partial charge in [0, 0.05) is 23.7 Å². The Balaban J connectivity index is 1.41.